The summed E-state index contributed by atoms with van der Waals surface area (Å²) in [4.78, 5) is 15.6. The van der Waals surface area contributed by atoms with Crippen LogP contribution in [0.4, 0.5) is 0 Å². The van der Waals surface area contributed by atoms with Crippen LogP contribution in [0.2, 0.25) is 0 Å². The summed E-state index contributed by atoms with van der Waals surface area (Å²) >= 11 is 0. The van der Waals surface area contributed by atoms with Crippen LogP contribution in [0, 0.1) is 0 Å². The van der Waals surface area contributed by atoms with E-state index in [9.17, 15) is 4.79 Å². The maximum absolute atomic E-state index is 10.9. The van der Waals surface area contributed by atoms with Gasteiger partial charge in [0.25, 0.3) is 0 Å². The van der Waals surface area contributed by atoms with Crippen LogP contribution in [-0.4, -0.2) is 16.1 Å². The summed E-state index contributed by atoms with van der Waals surface area (Å²) in [6, 6.07) is 34.7. The highest BCUT2D eigenvalue weighted by Gasteiger charge is 2.04. The number of carboxylic acid groups (broad SMARTS) is 1. The third kappa shape index (κ3) is 5.47. The first-order valence-corrected chi connectivity index (χ1v) is 11.3. The molecule has 5 rings (SSSR count). The summed E-state index contributed by atoms with van der Waals surface area (Å²) in [6.45, 7) is 0.820. The lowest BCUT2D eigenvalue weighted by atomic mass is 10.0. The van der Waals surface area contributed by atoms with E-state index >= 15 is 0 Å². The van der Waals surface area contributed by atoms with Crippen LogP contribution >= 0.6 is 0 Å². The number of para-hydroxylation sites is 1. The average molecular weight is 462 g/mol. The van der Waals surface area contributed by atoms with Crippen molar-refractivity contribution in [1.82, 2.24) is 4.98 Å². The van der Waals surface area contributed by atoms with Crippen LogP contribution in [0.3, 0.4) is 0 Å². The molecule has 0 aliphatic carbocycles. The van der Waals surface area contributed by atoms with Gasteiger partial charge in [0.2, 0.25) is 0 Å². The lowest BCUT2D eigenvalue weighted by Gasteiger charge is -2.09. The fourth-order valence-electron chi connectivity index (χ4n) is 3.74. The molecule has 1 N–H and O–H groups in total. The Bertz CT molecular complexity index is 1440. The van der Waals surface area contributed by atoms with Crippen molar-refractivity contribution in [2.45, 2.75) is 13.2 Å². The highest BCUT2D eigenvalue weighted by Crippen LogP contribution is 2.24. The monoisotopic (exact) mass is 461 g/mol. The Morgan fingerprint density at radius 2 is 1.26 bits per heavy atom. The zero-order chi connectivity index (χ0) is 24.0. The van der Waals surface area contributed by atoms with Gasteiger partial charge in [0.05, 0.1) is 16.8 Å². The Hall–Kier alpha value is -4.64. The number of fused-ring (bicyclic) bond motifs is 1. The predicted molar refractivity (Wildman–Crippen MR) is 136 cm³/mol. The topological polar surface area (TPSA) is 68.7 Å². The Labute approximate surface area is 203 Å². The summed E-state index contributed by atoms with van der Waals surface area (Å²) < 4.78 is 11.7. The largest absolute Gasteiger partial charge is 0.489 e. The molecule has 0 unspecified atom stereocenters. The fraction of sp³-hybridized carbons (Fsp3) is 0.0667. The van der Waals surface area contributed by atoms with Gasteiger partial charge in [-0.2, -0.15) is 0 Å². The molecule has 0 spiro atoms. The minimum atomic E-state index is -0.950. The molecule has 0 bridgehead atoms. The number of aromatic nitrogens is 1. The van der Waals surface area contributed by atoms with Crippen LogP contribution in [0.15, 0.2) is 109 Å². The molecule has 1 heterocycles. The second kappa shape index (κ2) is 10.1. The second-order valence-corrected chi connectivity index (χ2v) is 8.12. The first-order chi connectivity index (χ1) is 17.1. The van der Waals surface area contributed by atoms with Crippen molar-refractivity contribution >= 4 is 16.9 Å². The van der Waals surface area contributed by atoms with E-state index < -0.39 is 5.97 Å². The van der Waals surface area contributed by atoms with Gasteiger partial charge in [-0.05, 0) is 65.2 Å². The van der Waals surface area contributed by atoms with Crippen molar-refractivity contribution < 1.29 is 19.4 Å². The summed E-state index contributed by atoms with van der Waals surface area (Å²) in [7, 11) is 0. The predicted octanol–water partition coefficient (Wildman–Crippen LogP) is 6.76. The number of hydrogen-bond donors (Lipinski definition) is 1. The molecule has 5 nitrogen and oxygen atoms in total. The van der Waals surface area contributed by atoms with Crippen LogP contribution in [-0.2, 0) is 13.2 Å². The van der Waals surface area contributed by atoms with Gasteiger partial charge in [0.1, 0.15) is 24.7 Å². The molecule has 0 saturated carbocycles. The van der Waals surface area contributed by atoms with E-state index in [0.29, 0.717) is 19.0 Å². The van der Waals surface area contributed by atoms with Gasteiger partial charge in [-0.25, -0.2) is 9.78 Å². The molecule has 5 heteroatoms. The molecule has 0 fully saturated rings. The van der Waals surface area contributed by atoms with Crippen LogP contribution < -0.4 is 9.47 Å². The van der Waals surface area contributed by atoms with Gasteiger partial charge in [0, 0.05) is 5.39 Å². The van der Waals surface area contributed by atoms with Gasteiger partial charge in [0.15, 0.2) is 0 Å². The van der Waals surface area contributed by atoms with Crippen LogP contribution in [0.1, 0.15) is 21.6 Å². The number of pyridine rings is 1. The molecular formula is C30H23NO4. The summed E-state index contributed by atoms with van der Waals surface area (Å²) in [5.74, 6) is 0.477. The van der Waals surface area contributed by atoms with Gasteiger partial charge in [-0.1, -0.05) is 60.7 Å². The molecular weight excluding hydrogens is 438 g/mol. The van der Waals surface area contributed by atoms with Crippen molar-refractivity contribution in [2.75, 3.05) is 0 Å². The number of rotatable bonds is 8. The Morgan fingerprint density at radius 1 is 0.657 bits per heavy atom. The number of carboxylic acids is 1. The molecule has 5 aromatic rings. The number of carbonyl (C=O) groups is 1. The van der Waals surface area contributed by atoms with Gasteiger partial charge < -0.3 is 14.6 Å². The fourth-order valence-corrected chi connectivity index (χ4v) is 3.74. The van der Waals surface area contributed by atoms with E-state index in [0.717, 1.165) is 39.0 Å². The first-order valence-electron chi connectivity index (χ1n) is 11.3. The Kier molecular flexibility index (Phi) is 6.39. The average Bonchev–Trinajstić information content (AvgIpc) is 2.91. The molecule has 35 heavy (non-hydrogen) atoms. The standard InChI is InChI=1S/C30H23NO4/c32-30(33)25-12-17-27(18-13-25)34-19-21-5-7-22(8-6-21)23-10-15-28(16-11-23)35-20-26-14-9-24-3-1-2-4-29(24)31-26/h1-18H,19-20H2,(H,32,33). The van der Waals surface area contributed by atoms with Crippen molar-refractivity contribution in [3.05, 3.63) is 126 Å². The second-order valence-electron chi connectivity index (χ2n) is 8.12. The normalized spacial score (nSPS) is 10.7. The van der Waals surface area contributed by atoms with Crippen LogP contribution in [0.5, 0.6) is 11.5 Å². The third-order valence-corrected chi connectivity index (χ3v) is 5.69. The highest BCUT2D eigenvalue weighted by atomic mass is 16.5. The van der Waals surface area contributed by atoms with Crippen molar-refractivity contribution in [1.29, 1.82) is 0 Å². The van der Waals surface area contributed by atoms with E-state index in [1.807, 2.05) is 66.7 Å². The SMILES string of the molecule is O=C(O)c1ccc(OCc2ccc(-c3ccc(OCc4ccc5ccccc5n4)cc3)cc2)cc1. The molecule has 172 valence electrons. The van der Waals surface area contributed by atoms with Crippen molar-refractivity contribution in [2.24, 2.45) is 0 Å². The maximum atomic E-state index is 10.9. The Morgan fingerprint density at radius 3 is 1.94 bits per heavy atom. The number of ether oxygens (including phenoxy) is 2. The van der Waals surface area contributed by atoms with Crippen molar-refractivity contribution in [3.8, 4) is 22.6 Å². The molecule has 0 radical (unpaired) electrons. The van der Waals surface area contributed by atoms with Crippen LogP contribution in [0.25, 0.3) is 22.0 Å². The molecule has 0 aliphatic heterocycles. The minimum Gasteiger partial charge on any atom is -0.489 e. The number of nitrogens with zero attached hydrogens (tertiary/aromatic N) is 1. The number of aromatic carboxylic acids is 1. The first kappa shape index (κ1) is 22.2. The lowest BCUT2D eigenvalue weighted by molar-refractivity contribution is 0.0697. The number of hydrogen-bond acceptors (Lipinski definition) is 4. The highest BCUT2D eigenvalue weighted by molar-refractivity contribution is 5.87. The Balaban J connectivity index is 1.16. The molecule has 0 atom stereocenters. The van der Waals surface area contributed by atoms with Gasteiger partial charge >= 0.3 is 5.97 Å². The summed E-state index contributed by atoms with van der Waals surface area (Å²) in [6.07, 6.45) is 0. The van der Waals surface area contributed by atoms with Crippen molar-refractivity contribution in [3.63, 3.8) is 0 Å². The maximum Gasteiger partial charge on any atom is 0.335 e. The molecule has 0 amide bonds. The number of benzene rings is 4. The zero-order valence-corrected chi connectivity index (χ0v) is 18.9. The summed E-state index contributed by atoms with van der Waals surface area (Å²) in [5, 5.41) is 10.1. The van der Waals surface area contributed by atoms with E-state index in [1.165, 1.54) is 12.1 Å². The molecule has 4 aromatic carbocycles. The van der Waals surface area contributed by atoms with E-state index in [2.05, 4.69) is 23.2 Å². The molecule has 1 aromatic heterocycles. The van der Waals surface area contributed by atoms with E-state index in [1.54, 1.807) is 12.1 Å². The smallest absolute Gasteiger partial charge is 0.335 e. The molecule has 0 aliphatic rings. The van der Waals surface area contributed by atoms with Gasteiger partial charge in [-0.15, -0.1) is 0 Å². The van der Waals surface area contributed by atoms with E-state index in [-0.39, 0.29) is 5.56 Å². The minimum absolute atomic E-state index is 0.239. The van der Waals surface area contributed by atoms with Gasteiger partial charge in [-0.3, -0.25) is 0 Å². The third-order valence-electron chi connectivity index (χ3n) is 5.69. The lowest BCUT2D eigenvalue weighted by Crippen LogP contribution is -1.98. The molecule has 0 saturated heterocycles. The summed E-state index contributed by atoms with van der Waals surface area (Å²) in [5.41, 5.74) is 5.32. The van der Waals surface area contributed by atoms with E-state index in [4.69, 9.17) is 14.6 Å². The zero-order valence-electron chi connectivity index (χ0n) is 18.9. The quantitative estimate of drug-likeness (QED) is 0.277.